The Kier molecular flexibility index (Phi) is 8.70. The van der Waals surface area contributed by atoms with Gasteiger partial charge < -0.3 is 24.8 Å². The molecule has 1 aliphatic heterocycles. The van der Waals surface area contributed by atoms with E-state index in [1.54, 1.807) is 50.0 Å². The largest absolute Gasteiger partial charge is 0.495 e. The third-order valence-corrected chi connectivity index (χ3v) is 9.99. The van der Waals surface area contributed by atoms with Crippen LogP contribution in [0, 0.1) is 17.7 Å². The number of benzene rings is 3. The number of hydrogen-bond donors (Lipinski definition) is 2. The van der Waals surface area contributed by atoms with Crippen molar-refractivity contribution in [2.75, 3.05) is 57.8 Å². The fourth-order valence-electron chi connectivity index (χ4n) is 5.07. The Morgan fingerprint density at radius 1 is 1.12 bits per heavy atom. The van der Waals surface area contributed by atoms with Gasteiger partial charge in [0.25, 0.3) is 0 Å². The maximum atomic E-state index is 14.9. The van der Waals surface area contributed by atoms with Crippen molar-refractivity contribution in [1.29, 1.82) is 0 Å². The van der Waals surface area contributed by atoms with Crippen LogP contribution in [-0.4, -0.2) is 64.2 Å². The SMILES string of the molecule is COc1cc(P(C)(C)=O)ccc1NCC#Cc1sc2c(N[C@H]3CCN(C)C[C@H]3F)cccc2c1-c1ccc(F)cc1. The van der Waals surface area contributed by atoms with Gasteiger partial charge >= 0.3 is 0 Å². The van der Waals surface area contributed by atoms with E-state index in [2.05, 4.69) is 22.5 Å². The minimum Gasteiger partial charge on any atom is -0.495 e. The van der Waals surface area contributed by atoms with Crippen molar-refractivity contribution in [3.8, 4) is 28.7 Å². The quantitative estimate of drug-likeness (QED) is 0.181. The number of anilines is 2. The molecule has 0 spiro atoms. The van der Waals surface area contributed by atoms with Crippen molar-refractivity contribution in [1.82, 2.24) is 4.90 Å². The van der Waals surface area contributed by atoms with Crippen molar-refractivity contribution in [3.63, 3.8) is 0 Å². The van der Waals surface area contributed by atoms with E-state index in [0.717, 1.165) is 55.7 Å². The number of likely N-dealkylation sites (tertiary alicyclic amines) is 1. The molecule has 41 heavy (non-hydrogen) atoms. The fourth-order valence-corrected chi connectivity index (χ4v) is 7.10. The lowest BCUT2D eigenvalue weighted by Crippen LogP contribution is -2.46. The highest BCUT2D eigenvalue weighted by molar-refractivity contribution is 7.70. The molecule has 2 atom stereocenters. The van der Waals surface area contributed by atoms with E-state index in [9.17, 15) is 13.3 Å². The molecule has 3 aromatic carbocycles. The molecule has 2 N–H and O–H groups in total. The molecule has 0 unspecified atom stereocenters. The minimum atomic E-state index is -2.41. The van der Waals surface area contributed by atoms with Gasteiger partial charge in [0.05, 0.1) is 40.6 Å². The van der Waals surface area contributed by atoms with Crippen molar-refractivity contribution >= 4 is 45.2 Å². The lowest BCUT2D eigenvalue weighted by atomic mass is 10.0. The summed E-state index contributed by atoms with van der Waals surface area (Å²) < 4.78 is 47.6. The molecule has 0 amide bonds. The third kappa shape index (κ3) is 6.59. The highest BCUT2D eigenvalue weighted by Gasteiger charge is 2.28. The van der Waals surface area contributed by atoms with Crippen LogP contribution in [0.25, 0.3) is 21.2 Å². The van der Waals surface area contributed by atoms with E-state index in [0.29, 0.717) is 18.8 Å². The Hall–Kier alpha value is -3.37. The van der Waals surface area contributed by atoms with Crippen LogP contribution in [0.1, 0.15) is 11.3 Å². The molecule has 2 heterocycles. The Labute approximate surface area is 244 Å². The van der Waals surface area contributed by atoms with Gasteiger partial charge in [0.2, 0.25) is 0 Å². The first-order valence-electron chi connectivity index (χ1n) is 13.5. The summed E-state index contributed by atoms with van der Waals surface area (Å²) in [6.07, 6.45) is -0.236. The van der Waals surface area contributed by atoms with Gasteiger partial charge in [-0.05, 0) is 68.8 Å². The number of piperidine rings is 1. The van der Waals surface area contributed by atoms with Crippen molar-refractivity contribution < 1.29 is 18.1 Å². The molecule has 0 saturated carbocycles. The zero-order chi connectivity index (χ0) is 29.1. The van der Waals surface area contributed by atoms with Gasteiger partial charge in [-0.3, -0.25) is 0 Å². The summed E-state index contributed by atoms with van der Waals surface area (Å²) in [5.74, 6) is 6.85. The van der Waals surface area contributed by atoms with Crippen molar-refractivity contribution in [2.45, 2.75) is 18.6 Å². The first kappa shape index (κ1) is 29.1. The van der Waals surface area contributed by atoms with Gasteiger partial charge in [-0.2, -0.15) is 0 Å². The van der Waals surface area contributed by atoms with Crippen LogP contribution in [-0.2, 0) is 4.57 Å². The third-order valence-electron chi connectivity index (χ3n) is 7.31. The highest BCUT2D eigenvalue weighted by atomic mass is 32.1. The Bertz CT molecular complexity index is 1660. The molecule has 1 fully saturated rings. The average Bonchev–Trinajstić information content (AvgIpc) is 3.31. The molecule has 1 aliphatic rings. The van der Waals surface area contributed by atoms with Crippen LogP contribution in [0.4, 0.5) is 20.2 Å². The van der Waals surface area contributed by atoms with Crippen molar-refractivity contribution in [2.24, 2.45) is 0 Å². The number of ether oxygens (including phenoxy) is 1. The second-order valence-electron chi connectivity index (χ2n) is 10.7. The number of thiophene rings is 1. The molecule has 5 rings (SSSR count). The normalized spacial score (nSPS) is 17.6. The topological polar surface area (TPSA) is 53.6 Å². The Balaban J connectivity index is 1.46. The Morgan fingerprint density at radius 2 is 1.90 bits per heavy atom. The predicted molar refractivity (Wildman–Crippen MR) is 169 cm³/mol. The molecule has 1 aromatic heterocycles. The van der Waals surface area contributed by atoms with Crippen LogP contribution in [0.15, 0.2) is 60.7 Å². The van der Waals surface area contributed by atoms with Crippen molar-refractivity contribution in [3.05, 3.63) is 71.4 Å². The second-order valence-corrected chi connectivity index (χ2v) is 14.9. The molecule has 0 radical (unpaired) electrons. The summed E-state index contributed by atoms with van der Waals surface area (Å²) in [6, 6.07) is 17.7. The summed E-state index contributed by atoms with van der Waals surface area (Å²) >= 11 is 1.55. The van der Waals surface area contributed by atoms with E-state index in [1.807, 2.05) is 42.3 Å². The monoisotopic (exact) mass is 593 g/mol. The summed E-state index contributed by atoms with van der Waals surface area (Å²) in [7, 11) is 1.11. The number of halogens is 2. The maximum Gasteiger partial charge on any atom is 0.142 e. The first-order chi connectivity index (χ1) is 19.6. The standard InChI is InChI=1S/C32H34F2N3O2PS/c1-37-18-16-26(25(34)20-37)36-28-8-5-7-24-31(21-10-12-22(33)13-11-21)30(41-32(24)28)9-6-17-35-27-15-14-23(40(3,4)38)19-29(27)39-2/h5,7-8,10-15,19,25-26,35-36H,16-18,20H2,1-4H3/t25-,26+/m1/s1. The molecule has 214 valence electrons. The molecule has 0 bridgehead atoms. The van der Waals surface area contributed by atoms with Crippen LogP contribution in [0.2, 0.25) is 0 Å². The molecule has 5 nitrogen and oxygen atoms in total. The number of alkyl halides is 1. The zero-order valence-electron chi connectivity index (χ0n) is 23.6. The van der Waals surface area contributed by atoms with Crippen LogP contribution in [0.3, 0.4) is 0 Å². The Morgan fingerprint density at radius 3 is 2.61 bits per heavy atom. The number of nitrogens with one attached hydrogen (secondary N) is 2. The first-order valence-corrected chi connectivity index (χ1v) is 16.9. The fraction of sp³-hybridized carbons (Fsp3) is 0.312. The average molecular weight is 594 g/mol. The highest BCUT2D eigenvalue weighted by Crippen LogP contribution is 2.42. The summed E-state index contributed by atoms with van der Waals surface area (Å²) in [4.78, 5) is 2.86. The smallest absolute Gasteiger partial charge is 0.142 e. The van der Waals surface area contributed by atoms with E-state index in [4.69, 9.17) is 4.74 Å². The summed E-state index contributed by atoms with van der Waals surface area (Å²) in [5, 5.41) is 8.51. The van der Waals surface area contributed by atoms with Gasteiger partial charge in [0.15, 0.2) is 0 Å². The molecule has 9 heteroatoms. The summed E-state index contributed by atoms with van der Waals surface area (Å²) in [6.45, 7) is 5.06. The molecule has 0 aliphatic carbocycles. The van der Waals surface area contributed by atoms with Crippen LogP contribution < -0.4 is 20.7 Å². The summed E-state index contributed by atoms with van der Waals surface area (Å²) in [5.41, 5.74) is 3.45. The van der Waals surface area contributed by atoms with Gasteiger partial charge in [-0.1, -0.05) is 36.1 Å². The minimum absolute atomic E-state index is 0.261. The number of rotatable bonds is 7. The zero-order valence-corrected chi connectivity index (χ0v) is 25.3. The number of methoxy groups -OCH3 is 1. The lowest BCUT2D eigenvalue weighted by Gasteiger charge is -2.33. The van der Waals surface area contributed by atoms with Gasteiger partial charge in [-0.15, -0.1) is 11.3 Å². The number of fused-ring (bicyclic) bond motifs is 1. The van der Waals surface area contributed by atoms with E-state index in [1.165, 1.54) is 12.1 Å². The van der Waals surface area contributed by atoms with E-state index in [-0.39, 0.29) is 11.9 Å². The van der Waals surface area contributed by atoms with E-state index < -0.39 is 13.3 Å². The molecule has 1 saturated heterocycles. The number of hydrogen-bond acceptors (Lipinski definition) is 6. The van der Waals surface area contributed by atoms with Gasteiger partial charge in [0, 0.05) is 29.3 Å². The molecular weight excluding hydrogens is 559 g/mol. The predicted octanol–water partition coefficient (Wildman–Crippen LogP) is 6.88. The van der Waals surface area contributed by atoms with Crippen LogP contribution >= 0.6 is 18.5 Å². The van der Waals surface area contributed by atoms with Crippen LogP contribution in [0.5, 0.6) is 5.75 Å². The maximum absolute atomic E-state index is 14.9. The molecule has 4 aromatic rings. The molecular formula is C32H34F2N3O2PS. The lowest BCUT2D eigenvalue weighted by molar-refractivity contribution is 0.149. The van der Waals surface area contributed by atoms with Gasteiger partial charge in [0.1, 0.15) is 24.9 Å². The van der Waals surface area contributed by atoms with Gasteiger partial charge in [-0.25, -0.2) is 8.78 Å². The van der Waals surface area contributed by atoms with E-state index >= 15 is 0 Å². The number of nitrogens with zero attached hydrogens (tertiary/aromatic N) is 1. The second kappa shape index (κ2) is 12.2.